The Morgan fingerprint density at radius 3 is 2.71 bits per heavy atom. The van der Waals surface area contributed by atoms with Crippen molar-refractivity contribution in [1.82, 2.24) is 9.78 Å². The van der Waals surface area contributed by atoms with E-state index in [2.05, 4.69) is 21.0 Å². The first-order valence-electron chi connectivity index (χ1n) is 5.40. The SMILES string of the molecule is Cc1cc(C(O)Cc2c(Br)c(C)nn2C)co1. The topological polar surface area (TPSA) is 51.2 Å². The van der Waals surface area contributed by atoms with Crippen molar-refractivity contribution in [2.45, 2.75) is 26.4 Å². The monoisotopic (exact) mass is 298 g/mol. The Morgan fingerprint density at radius 2 is 2.24 bits per heavy atom. The van der Waals surface area contributed by atoms with Gasteiger partial charge in [0.05, 0.1) is 28.2 Å². The van der Waals surface area contributed by atoms with Gasteiger partial charge in [0.15, 0.2) is 0 Å². The zero-order valence-electron chi connectivity index (χ0n) is 10.1. The number of aryl methyl sites for hydroxylation is 3. The van der Waals surface area contributed by atoms with E-state index in [9.17, 15) is 5.11 Å². The first kappa shape index (κ1) is 12.4. The normalized spacial score (nSPS) is 13.0. The molecule has 0 bridgehead atoms. The molecule has 1 N–H and O–H groups in total. The summed E-state index contributed by atoms with van der Waals surface area (Å²) in [5.41, 5.74) is 2.71. The lowest BCUT2D eigenvalue weighted by atomic mass is 10.1. The quantitative estimate of drug-likeness (QED) is 0.948. The summed E-state index contributed by atoms with van der Waals surface area (Å²) < 4.78 is 7.94. The van der Waals surface area contributed by atoms with Gasteiger partial charge >= 0.3 is 0 Å². The fraction of sp³-hybridized carbons (Fsp3) is 0.417. The summed E-state index contributed by atoms with van der Waals surface area (Å²) in [6, 6.07) is 1.85. The Morgan fingerprint density at radius 1 is 1.53 bits per heavy atom. The number of nitrogens with zero attached hydrogens (tertiary/aromatic N) is 2. The van der Waals surface area contributed by atoms with Gasteiger partial charge in [-0.3, -0.25) is 4.68 Å². The second-order valence-electron chi connectivity index (χ2n) is 4.18. The standard InChI is InChI=1S/C12H15BrN2O2/c1-7-4-9(6-17-7)11(16)5-10-12(13)8(2)14-15(10)3/h4,6,11,16H,5H2,1-3H3. The third kappa shape index (κ3) is 2.45. The minimum absolute atomic E-state index is 0.511. The van der Waals surface area contributed by atoms with E-state index >= 15 is 0 Å². The third-order valence-electron chi connectivity index (χ3n) is 2.78. The highest BCUT2D eigenvalue weighted by atomic mass is 79.9. The summed E-state index contributed by atoms with van der Waals surface area (Å²) in [4.78, 5) is 0. The van der Waals surface area contributed by atoms with Gasteiger partial charge in [0, 0.05) is 19.0 Å². The number of hydrogen-bond donors (Lipinski definition) is 1. The van der Waals surface area contributed by atoms with Gasteiger partial charge in [-0.25, -0.2) is 0 Å². The van der Waals surface area contributed by atoms with E-state index in [4.69, 9.17) is 4.42 Å². The molecule has 2 aromatic rings. The zero-order chi connectivity index (χ0) is 12.6. The summed E-state index contributed by atoms with van der Waals surface area (Å²) in [7, 11) is 1.88. The van der Waals surface area contributed by atoms with E-state index in [1.165, 1.54) is 0 Å². The molecule has 0 fully saturated rings. The molecule has 0 amide bonds. The molecule has 5 heteroatoms. The van der Waals surface area contributed by atoms with E-state index in [-0.39, 0.29) is 0 Å². The molecule has 0 spiro atoms. The van der Waals surface area contributed by atoms with Crippen molar-refractivity contribution in [2.24, 2.45) is 7.05 Å². The summed E-state index contributed by atoms with van der Waals surface area (Å²) in [5, 5.41) is 14.4. The number of aliphatic hydroxyl groups excluding tert-OH is 1. The van der Waals surface area contributed by atoms with E-state index in [1.54, 1.807) is 10.9 Å². The molecule has 92 valence electrons. The van der Waals surface area contributed by atoms with Crippen LogP contribution in [-0.2, 0) is 13.5 Å². The summed E-state index contributed by atoms with van der Waals surface area (Å²) in [6.07, 6.45) is 1.53. The third-order valence-corrected chi connectivity index (χ3v) is 3.82. The lowest BCUT2D eigenvalue weighted by Gasteiger charge is -2.09. The summed E-state index contributed by atoms with van der Waals surface area (Å²) in [5.74, 6) is 0.805. The predicted molar refractivity (Wildman–Crippen MR) is 67.8 cm³/mol. The van der Waals surface area contributed by atoms with Gasteiger partial charge in [-0.2, -0.15) is 5.10 Å². The summed E-state index contributed by atoms with van der Waals surface area (Å²) >= 11 is 3.49. The number of furan rings is 1. The first-order valence-corrected chi connectivity index (χ1v) is 6.19. The number of halogens is 1. The lowest BCUT2D eigenvalue weighted by molar-refractivity contribution is 0.174. The van der Waals surface area contributed by atoms with Crippen LogP contribution in [0.1, 0.15) is 28.8 Å². The van der Waals surface area contributed by atoms with E-state index in [0.29, 0.717) is 6.42 Å². The van der Waals surface area contributed by atoms with Crippen molar-refractivity contribution in [3.63, 3.8) is 0 Å². The highest BCUT2D eigenvalue weighted by molar-refractivity contribution is 9.10. The Kier molecular flexibility index (Phi) is 3.40. The van der Waals surface area contributed by atoms with Crippen molar-refractivity contribution in [3.8, 4) is 0 Å². The zero-order valence-corrected chi connectivity index (χ0v) is 11.7. The molecule has 1 unspecified atom stereocenters. The van der Waals surface area contributed by atoms with Crippen LogP contribution in [0.5, 0.6) is 0 Å². The van der Waals surface area contributed by atoms with Crippen molar-refractivity contribution >= 4 is 15.9 Å². The maximum atomic E-state index is 10.1. The average Bonchev–Trinajstić information content (AvgIpc) is 2.79. The van der Waals surface area contributed by atoms with E-state index < -0.39 is 6.10 Å². The lowest BCUT2D eigenvalue weighted by Crippen LogP contribution is -2.06. The van der Waals surface area contributed by atoms with Crippen LogP contribution >= 0.6 is 15.9 Å². The van der Waals surface area contributed by atoms with Crippen LogP contribution in [0.25, 0.3) is 0 Å². The molecule has 4 nitrogen and oxygen atoms in total. The van der Waals surface area contributed by atoms with Crippen LogP contribution < -0.4 is 0 Å². The van der Waals surface area contributed by atoms with Crippen LogP contribution in [0.3, 0.4) is 0 Å². The van der Waals surface area contributed by atoms with Gasteiger partial charge in [0.1, 0.15) is 5.76 Å². The molecule has 0 radical (unpaired) electrons. The highest BCUT2D eigenvalue weighted by Gasteiger charge is 2.17. The van der Waals surface area contributed by atoms with Gasteiger partial charge in [-0.05, 0) is 35.8 Å². The Hall–Kier alpha value is -1.07. The van der Waals surface area contributed by atoms with Crippen molar-refractivity contribution in [2.75, 3.05) is 0 Å². The first-order chi connectivity index (χ1) is 7.99. The number of hydrogen-bond acceptors (Lipinski definition) is 3. The molecule has 0 aliphatic heterocycles. The Labute approximate surface area is 108 Å². The molecular weight excluding hydrogens is 284 g/mol. The molecule has 0 saturated heterocycles. The molecule has 2 rings (SSSR count). The maximum absolute atomic E-state index is 10.1. The van der Waals surface area contributed by atoms with Gasteiger partial charge in [-0.15, -0.1) is 0 Å². The number of rotatable bonds is 3. The van der Waals surface area contributed by atoms with Crippen LogP contribution in [0.15, 0.2) is 21.2 Å². The molecular formula is C12H15BrN2O2. The molecule has 0 saturated carbocycles. The van der Waals surface area contributed by atoms with Crippen LogP contribution in [0, 0.1) is 13.8 Å². The molecule has 2 aromatic heterocycles. The van der Waals surface area contributed by atoms with Crippen LogP contribution in [0.4, 0.5) is 0 Å². The fourth-order valence-corrected chi connectivity index (χ4v) is 2.34. The molecule has 0 aliphatic carbocycles. The molecule has 2 heterocycles. The van der Waals surface area contributed by atoms with Crippen molar-refractivity contribution in [3.05, 3.63) is 39.5 Å². The molecule has 0 aliphatic rings. The highest BCUT2D eigenvalue weighted by Crippen LogP contribution is 2.26. The number of aliphatic hydroxyl groups is 1. The van der Waals surface area contributed by atoms with Crippen molar-refractivity contribution < 1.29 is 9.52 Å². The molecule has 17 heavy (non-hydrogen) atoms. The smallest absolute Gasteiger partial charge is 0.101 e. The van der Waals surface area contributed by atoms with Gasteiger partial charge in [0.2, 0.25) is 0 Å². The minimum Gasteiger partial charge on any atom is -0.469 e. The maximum Gasteiger partial charge on any atom is 0.101 e. The second-order valence-corrected chi connectivity index (χ2v) is 4.97. The fourth-order valence-electron chi connectivity index (χ4n) is 1.84. The van der Waals surface area contributed by atoms with Crippen LogP contribution in [0.2, 0.25) is 0 Å². The van der Waals surface area contributed by atoms with E-state index in [0.717, 1.165) is 27.2 Å². The molecule has 1 atom stereocenters. The van der Waals surface area contributed by atoms with E-state index in [1.807, 2.05) is 27.0 Å². The minimum atomic E-state index is -0.571. The van der Waals surface area contributed by atoms with Crippen molar-refractivity contribution in [1.29, 1.82) is 0 Å². The second kappa shape index (κ2) is 4.66. The Balaban J connectivity index is 2.21. The summed E-state index contributed by atoms with van der Waals surface area (Å²) in [6.45, 7) is 3.79. The van der Waals surface area contributed by atoms with Gasteiger partial charge in [-0.1, -0.05) is 0 Å². The average molecular weight is 299 g/mol. The number of aromatic nitrogens is 2. The Bertz CT molecular complexity index is 531. The van der Waals surface area contributed by atoms with Crippen LogP contribution in [-0.4, -0.2) is 14.9 Å². The molecule has 0 aromatic carbocycles. The predicted octanol–water partition coefficient (Wildman–Crippen LogP) is 2.67. The largest absolute Gasteiger partial charge is 0.469 e. The van der Waals surface area contributed by atoms with Gasteiger partial charge in [0.25, 0.3) is 0 Å². The van der Waals surface area contributed by atoms with Gasteiger partial charge < -0.3 is 9.52 Å².